The van der Waals surface area contributed by atoms with Crippen LogP contribution in [0.15, 0.2) is 60.8 Å². The molecule has 6 heteroatoms. The summed E-state index contributed by atoms with van der Waals surface area (Å²) in [4.78, 5) is 24.4. The molecular formula is C28H36N4O2. The Morgan fingerprint density at radius 3 is 2.50 bits per heavy atom. The first-order valence-electron chi connectivity index (χ1n) is 12.2. The van der Waals surface area contributed by atoms with Crippen molar-refractivity contribution in [3.63, 3.8) is 0 Å². The fourth-order valence-corrected chi connectivity index (χ4v) is 3.84. The zero-order valence-corrected chi connectivity index (χ0v) is 20.8. The standard InChI is InChI=1S/C28H36N4O2/c1-5-15-32(6-2)16-17-34-24-14-10-13-23(18-24)28-29-20-25(22-11-8-7-9-12-22)26(31-28)19-27(33)30-21(3)4/h7-14,18,20-21H,5-6,15-17,19H2,1-4H3,(H,30,33). The van der Waals surface area contributed by atoms with E-state index in [1.54, 1.807) is 0 Å². The van der Waals surface area contributed by atoms with Gasteiger partial charge in [-0.2, -0.15) is 0 Å². The number of carbonyl (C=O) groups excluding carboxylic acids is 1. The Morgan fingerprint density at radius 2 is 1.79 bits per heavy atom. The fourth-order valence-electron chi connectivity index (χ4n) is 3.84. The predicted molar refractivity (Wildman–Crippen MR) is 138 cm³/mol. The van der Waals surface area contributed by atoms with E-state index in [1.807, 2.05) is 74.6 Å². The van der Waals surface area contributed by atoms with E-state index in [9.17, 15) is 4.79 Å². The Bertz CT molecular complexity index is 1050. The predicted octanol–water partition coefficient (Wildman–Crippen LogP) is 4.99. The smallest absolute Gasteiger partial charge is 0.226 e. The molecule has 1 amide bonds. The van der Waals surface area contributed by atoms with Crippen molar-refractivity contribution in [2.24, 2.45) is 0 Å². The fraction of sp³-hybridized carbons (Fsp3) is 0.393. The number of carbonyl (C=O) groups is 1. The number of nitrogens with one attached hydrogen (secondary N) is 1. The maximum atomic E-state index is 12.6. The van der Waals surface area contributed by atoms with Crippen LogP contribution < -0.4 is 10.1 Å². The van der Waals surface area contributed by atoms with Crippen LogP contribution in [0.3, 0.4) is 0 Å². The highest BCUT2D eigenvalue weighted by molar-refractivity contribution is 5.81. The van der Waals surface area contributed by atoms with Crippen molar-refractivity contribution in [3.05, 3.63) is 66.5 Å². The molecule has 1 heterocycles. The normalized spacial score (nSPS) is 11.1. The molecule has 3 aromatic rings. The van der Waals surface area contributed by atoms with Gasteiger partial charge < -0.3 is 15.0 Å². The summed E-state index contributed by atoms with van der Waals surface area (Å²) in [5, 5.41) is 2.96. The lowest BCUT2D eigenvalue weighted by molar-refractivity contribution is -0.120. The van der Waals surface area contributed by atoms with E-state index < -0.39 is 0 Å². The van der Waals surface area contributed by atoms with Gasteiger partial charge in [-0.15, -0.1) is 0 Å². The van der Waals surface area contributed by atoms with E-state index in [1.165, 1.54) is 0 Å². The number of likely N-dealkylation sites (N-methyl/N-ethyl adjacent to an activating group) is 1. The first kappa shape index (κ1) is 25.4. The molecule has 0 saturated carbocycles. The second kappa shape index (κ2) is 12.8. The molecule has 0 unspecified atom stereocenters. The summed E-state index contributed by atoms with van der Waals surface area (Å²) in [6, 6.07) is 17.8. The molecule has 0 bridgehead atoms. The first-order valence-corrected chi connectivity index (χ1v) is 12.2. The Labute approximate surface area is 203 Å². The van der Waals surface area contributed by atoms with E-state index in [0.717, 1.165) is 48.5 Å². The van der Waals surface area contributed by atoms with Crippen LogP contribution in [-0.4, -0.2) is 53.1 Å². The molecule has 34 heavy (non-hydrogen) atoms. The summed E-state index contributed by atoms with van der Waals surface area (Å²) in [6.45, 7) is 11.9. The molecule has 0 spiro atoms. The van der Waals surface area contributed by atoms with Gasteiger partial charge in [0.2, 0.25) is 5.91 Å². The number of ether oxygens (including phenoxy) is 1. The highest BCUT2D eigenvalue weighted by Crippen LogP contribution is 2.26. The van der Waals surface area contributed by atoms with Gasteiger partial charge in [-0.05, 0) is 51.1 Å². The molecular weight excluding hydrogens is 424 g/mol. The molecule has 0 radical (unpaired) electrons. The minimum absolute atomic E-state index is 0.0542. The van der Waals surface area contributed by atoms with Crippen molar-refractivity contribution in [3.8, 4) is 28.3 Å². The molecule has 1 N–H and O–H groups in total. The van der Waals surface area contributed by atoms with Gasteiger partial charge in [0.1, 0.15) is 12.4 Å². The van der Waals surface area contributed by atoms with Gasteiger partial charge in [-0.25, -0.2) is 9.97 Å². The lowest BCUT2D eigenvalue weighted by Gasteiger charge is -2.19. The summed E-state index contributed by atoms with van der Waals surface area (Å²) in [5.74, 6) is 1.32. The third-order valence-corrected chi connectivity index (χ3v) is 5.49. The largest absolute Gasteiger partial charge is 0.492 e. The summed E-state index contributed by atoms with van der Waals surface area (Å²) in [7, 11) is 0. The van der Waals surface area contributed by atoms with Crippen LogP contribution >= 0.6 is 0 Å². The average Bonchev–Trinajstić information content (AvgIpc) is 2.83. The van der Waals surface area contributed by atoms with Crippen LogP contribution in [0.4, 0.5) is 0 Å². The van der Waals surface area contributed by atoms with Crippen LogP contribution in [0, 0.1) is 0 Å². The molecule has 0 saturated heterocycles. The molecule has 0 aliphatic carbocycles. The molecule has 3 rings (SSSR count). The lowest BCUT2D eigenvalue weighted by atomic mass is 10.0. The average molecular weight is 461 g/mol. The molecule has 0 atom stereocenters. The Balaban J connectivity index is 1.83. The summed E-state index contributed by atoms with van der Waals surface area (Å²) >= 11 is 0. The summed E-state index contributed by atoms with van der Waals surface area (Å²) in [6.07, 6.45) is 3.14. The van der Waals surface area contributed by atoms with Gasteiger partial charge in [-0.1, -0.05) is 56.3 Å². The minimum atomic E-state index is -0.0542. The highest BCUT2D eigenvalue weighted by atomic mass is 16.5. The number of nitrogens with zero attached hydrogens (tertiary/aromatic N) is 3. The van der Waals surface area contributed by atoms with E-state index in [4.69, 9.17) is 9.72 Å². The zero-order valence-electron chi connectivity index (χ0n) is 20.8. The van der Waals surface area contributed by atoms with E-state index >= 15 is 0 Å². The van der Waals surface area contributed by atoms with Crippen LogP contribution in [0.5, 0.6) is 5.75 Å². The molecule has 180 valence electrons. The number of benzene rings is 2. The number of rotatable bonds is 12. The second-order valence-corrected chi connectivity index (χ2v) is 8.63. The highest BCUT2D eigenvalue weighted by Gasteiger charge is 2.15. The summed E-state index contributed by atoms with van der Waals surface area (Å²) in [5.41, 5.74) is 3.43. The van der Waals surface area contributed by atoms with Gasteiger partial charge in [-0.3, -0.25) is 4.79 Å². The van der Waals surface area contributed by atoms with Gasteiger partial charge in [0, 0.05) is 29.9 Å². The van der Waals surface area contributed by atoms with Crippen LogP contribution in [0.25, 0.3) is 22.5 Å². The van der Waals surface area contributed by atoms with Crippen molar-refractivity contribution in [1.29, 1.82) is 0 Å². The third kappa shape index (κ3) is 7.39. The van der Waals surface area contributed by atoms with E-state index in [2.05, 4.69) is 29.0 Å². The van der Waals surface area contributed by atoms with Crippen molar-refractivity contribution in [2.45, 2.75) is 46.6 Å². The quantitative estimate of drug-likeness (QED) is 0.412. The van der Waals surface area contributed by atoms with Crippen molar-refractivity contribution >= 4 is 5.91 Å². The Morgan fingerprint density at radius 1 is 1.03 bits per heavy atom. The van der Waals surface area contributed by atoms with Gasteiger partial charge in [0.25, 0.3) is 0 Å². The SMILES string of the molecule is CCCN(CC)CCOc1cccc(-c2ncc(-c3ccccc3)c(CC(=O)NC(C)C)n2)c1. The number of hydrogen-bond donors (Lipinski definition) is 1. The Hall–Kier alpha value is -3.25. The second-order valence-electron chi connectivity index (χ2n) is 8.63. The van der Waals surface area contributed by atoms with Crippen molar-refractivity contribution in [1.82, 2.24) is 20.2 Å². The molecule has 2 aromatic carbocycles. The third-order valence-electron chi connectivity index (χ3n) is 5.49. The van der Waals surface area contributed by atoms with Crippen LogP contribution in [0.1, 0.15) is 39.8 Å². The number of hydrogen-bond acceptors (Lipinski definition) is 5. The lowest BCUT2D eigenvalue weighted by Crippen LogP contribution is -2.31. The number of amides is 1. The summed E-state index contributed by atoms with van der Waals surface area (Å²) < 4.78 is 6.02. The van der Waals surface area contributed by atoms with E-state index in [-0.39, 0.29) is 18.4 Å². The molecule has 0 aliphatic rings. The van der Waals surface area contributed by atoms with E-state index in [0.29, 0.717) is 18.1 Å². The van der Waals surface area contributed by atoms with Gasteiger partial charge >= 0.3 is 0 Å². The molecule has 6 nitrogen and oxygen atoms in total. The minimum Gasteiger partial charge on any atom is -0.492 e. The molecule has 0 aliphatic heterocycles. The van der Waals surface area contributed by atoms with Crippen molar-refractivity contribution in [2.75, 3.05) is 26.2 Å². The zero-order chi connectivity index (χ0) is 24.3. The maximum Gasteiger partial charge on any atom is 0.226 e. The van der Waals surface area contributed by atoms with Crippen LogP contribution in [0.2, 0.25) is 0 Å². The first-order chi connectivity index (χ1) is 16.5. The van der Waals surface area contributed by atoms with Gasteiger partial charge in [0.05, 0.1) is 12.1 Å². The van der Waals surface area contributed by atoms with Gasteiger partial charge in [0.15, 0.2) is 5.82 Å². The maximum absolute atomic E-state index is 12.6. The topological polar surface area (TPSA) is 67.3 Å². The van der Waals surface area contributed by atoms with Crippen molar-refractivity contribution < 1.29 is 9.53 Å². The molecule has 0 fully saturated rings. The van der Waals surface area contributed by atoms with Crippen LogP contribution in [-0.2, 0) is 11.2 Å². The number of aromatic nitrogens is 2. The Kier molecular flexibility index (Phi) is 9.59. The molecule has 1 aromatic heterocycles. The monoisotopic (exact) mass is 460 g/mol.